The van der Waals surface area contributed by atoms with Crippen LogP contribution in [-0.4, -0.2) is 50.1 Å². The van der Waals surface area contributed by atoms with E-state index < -0.39 is 32.4 Å². The Balaban J connectivity index is 1.86. The molecule has 2 heterocycles. The highest BCUT2D eigenvalue weighted by atomic mass is 32.2. The third kappa shape index (κ3) is 4.86. The first kappa shape index (κ1) is 23.5. The number of anilines is 1. The van der Waals surface area contributed by atoms with Crippen LogP contribution in [0.3, 0.4) is 0 Å². The molecule has 0 spiro atoms. The van der Waals surface area contributed by atoms with Crippen LogP contribution in [0.5, 0.6) is 0 Å². The van der Waals surface area contributed by atoms with Crippen molar-refractivity contribution in [2.24, 2.45) is 0 Å². The maximum Gasteiger partial charge on any atom is 0.416 e. The van der Waals surface area contributed by atoms with Crippen LogP contribution >= 0.6 is 0 Å². The van der Waals surface area contributed by atoms with Gasteiger partial charge in [-0.15, -0.1) is 0 Å². The standard InChI is InChI=1S/C21H25F3N2O4S/c1-20(31(28,29)17-5-3-4-16(12-17)21(22,23)24)8-11-30-18(13-20)15-6-7-19(25-14-15)26(2)9-10-27/h3-7,12,14,18,27H,8-11,13H2,1-2H3. The lowest BCUT2D eigenvalue weighted by atomic mass is 9.93. The third-order valence-electron chi connectivity index (χ3n) is 5.66. The first-order valence-electron chi connectivity index (χ1n) is 9.79. The first-order chi connectivity index (χ1) is 14.5. The molecule has 10 heteroatoms. The van der Waals surface area contributed by atoms with Crippen LogP contribution < -0.4 is 4.90 Å². The second kappa shape index (κ2) is 8.76. The van der Waals surface area contributed by atoms with Gasteiger partial charge in [0.1, 0.15) is 5.82 Å². The van der Waals surface area contributed by atoms with Crippen molar-refractivity contribution in [1.82, 2.24) is 4.98 Å². The summed E-state index contributed by atoms with van der Waals surface area (Å²) >= 11 is 0. The molecule has 0 amide bonds. The third-order valence-corrected chi connectivity index (χ3v) is 8.20. The fraction of sp³-hybridized carbons (Fsp3) is 0.476. The summed E-state index contributed by atoms with van der Waals surface area (Å²) in [6, 6.07) is 7.40. The second-order valence-electron chi connectivity index (χ2n) is 7.89. The van der Waals surface area contributed by atoms with E-state index in [1.807, 2.05) is 0 Å². The van der Waals surface area contributed by atoms with Gasteiger partial charge in [-0.25, -0.2) is 13.4 Å². The van der Waals surface area contributed by atoms with E-state index in [1.165, 1.54) is 6.07 Å². The van der Waals surface area contributed by atoms with Crippen molar-refractivity contribution in [2.45, 2.75) is 41.7 Å². The van der Waals surface area contributed by atoms with E-state index in [2.05, 4.69) is 4.98 Å². The predicted molar refractivity (Wildman–Crippen MR) is 110 cm³/mol. The molecular formula is C21H25F3N2O4S. The maximum absolute atomic E-state index is 13.3. The van der Waals surface area contributed by atoms with Gasteiger partial charge in [0.15, 0.2) is 9.84 Å². The SMILES string of the molecule is CN(CCO)c1ccc(C2CC(C)(S(=O)(=O)c3cccc(C(F)(F)F)c3)CCO2)cn1. The van der Waals surface area contributed by atoms with Gasteiger partial charge in [0.25, 0.3) is 0 Å². The molecule has 1 aliphatic rings. The summed E-state index contributed by atoms with van der Waals surface area (Å²) in [5.41, 5.74) is -0.307. The van der Waals surface area contributed by atoms with E-state index in [1.54, 1.807) is 37.2 Å². The average molecular weight is 459 g/mol. The quantitative estimate of drug-likeness (QED) is 0.713. The van der Waals surface area contributed by atoms with Crippen LogP contribution in [0, 0.1) is 0 Å². The molecule has 1 aliphatic heterocycles. The van der Waals surface area contributed by atoms with Crippen molar-refractivity contribution in [2.75, 3.05) is 31.7 Å². The first-order valence-corrected chi connectivity index (χ1v) is 11.3. The van der Waals surface area contributed by atoms with E-state index in [-0.39, 0.29) is 31.0 Å². The zero-order valence-electron chi connectivity index (χ0n) is 17.3. The molecule has 0 aliphatic carbocycles. The molecule has 1 N–H and O–H groups in total. The van der Waals surface area contributed by atoms with E-state index in [4.69, 9.17) is 9.84 Å². The Morgan fingerprint density at radius 2 is 2.03 bits per heavy atom. The number of sulfone groups is 1. The van der Waals surface area contributed by atoms with Crippen LogP contribution in [0.25, 0.3) is 0 Å². The number of nitrogens with zero attached hydrogens (tertiary/aromatic N) is 2. The molecule has 2 aromatic rings. The molecule has 170 valence electrons. The molecule has 0 saturated carbocycles. The highest BCUT2D eigenvalue weighted by Crippen LogP contribution is 2.42. The number of halogens is 3. The number of likely N-dealkylation sites (N-methyl/N-ethyl adjacent to an activating group) is 1. The number of aliphatic hydroxyl groups excluding tert-OH is 1. The average Bonchev–Trinajstić information content (AvgIpc) is 2.73. The number of aliphatic hydroxyl groups is 1. The Kier molecular flexibility index (Phi) is 6.64. The number of alkyl halides is 3. The zero-order valence-corrected chi connectivity index (χ0v) is 18.1. The fourth-order valence-electron chi connectivity index (χ4n) is 3.63. The molecule has 3 rings (SSSR count). The topological polar surface area (TPSA) is 79.7 Å². The van der Waals surface area contributed by atoms with Gasteiger partial charge in [-0.1, -0.05) is 12.1 Å². The number of hydrogen-bond acceptors (Lipinski definition) is 6. The lowest BCUT2D eigenvalue weighted by Gasteiger charge is -2.38. The Hall–Kier alpha value is -2.17. The molecule has 1 fully saturated rings. The lowest BCUT2D eigenvalue weighted by Crippen LogP contribution is -2.42. The van der Waals surface area contributed by atoms with Crippen molar-refractivity contribution in [1.29, 1.82) is 0 Å². The predicted octanol–water partition coefficient (Wildman–Crippen LogP) is 3.61. The maximum atomic E-state index is 13.3. The number of hydrogen-bond donors (Lipinski definition) is 1. The molecule has 0 radical (unpaired) electrons. The summed E-state index contributed by atoms with van der Waals surface area (Å²) in [4.78, 5) is 5.77. The van der Waals surface area contributed by atoms with Crippen molar-refractivity contribution in [3.63, 3.8) is 0 Å². The van der Waals surface area contributed by atoms with Gasteiger partial charge in [-0.3, -0.25) is 0 Å². The molecule has 2 unspecified atom stereocenters. The van der Waals surface area contributed by atoms with Gasteiger partial charge < -0.3 is 14.7 Å². The lowest BCUT2D eigenvalue weighted by molar-refractivity contribution is -0.137. The van der Waals surface area contributed by atoms with Gasteiger partial charge in [-0.2, -0.15) is 13.2 Å². The fourth-order valence-corrected chi connectivity index (χ4v) is 5.46. The van der Waals surface area contributed by atoms with Crippen molar-refractivity contribution in [3.8, 4) is 0 Å². The second-order valence-corrected chi connectivity index (χ2v) is 10.4. The molecule has 1 saturated heterocycles. The molecule has 31 heavy (non-hydrogen) atoms. The molecule has 2 atom stereocenters. The number of ether oxygens (including phenoxy) is 1. The molecular weight excluding hydrogens is 433 g/mol. The van der Waals surface area contributed by atoms with Gasteiger partial charge in [0.05, 0.1) is 27.9 Å². The zero-order chi connectivity index (χ0) is 22.9. The number of aromatic nitrogens is 1. The van der Waals surface area contributed by atoms with E-state index >= 15 is 0 Å². The number of pyridine rings is 1. The Bertz CT molecular complexity index is 1010. The van der Waals surface area contributed by atoms with E-state index in [9.17, 15) is 21.6 Å². The van der Waals surface area contributed by atoms with Gasteiger partial charge in [-0.05, 0) is 49.6 Å². The Morgan fingerprint density at radius 1 is 1.29 bits per heavy atom. The Labute approximate surface area is 179 Å². The van der Waals surface area contributed by atoms with Crippen LogP contribution in [-0.2, 0) is 20.8 Å². The molecule has 0 bridgehead atoms. The summed E-state index contributed by atoms with van der Waals surface area (Å²) in [5.74, 6) is 0.646. The molecule has 1 aromatic carbocycles. The minimum Gasteiger partial charge on any atom is -0.395 e. The van der Waals surface area contributed by atoms with Crippen molar-refractivity contribution >= 4 is 15.7 Å². The van der Waals surface area contributed by atoms with Crippen molar-refractivity contribution in [3.05, 3.63) is 53.7 Å². The summed E-state index contributed by atoms with van der Waals surface area (Å²) in [5, 5.41) is 9.04. The monoisotopic (exact) mass is 458 g/mol. The molecule has 1 aromatic heterocycles. The van der Waals surface area contributed by atoms with Crippen LogP contribution in [0.2, 0.25) is 0 Å². The molecule has 6 nitrogen and oxygen atoms in total. The minimum atomic E-state index is -4.62. The van der Waals surface area contributed by atoms with Gasteiger partial charge in [0, 0.05) is 26.4 Å². The summed E-state index contributed by atoms with van der Waals surface area (Å²) < 4.78 is 70.3. The van der Waals surface area contributed by atoms with Crippen LogP contribution in [0.4, 0.5) is 19.0 Å². The number of rotatable bonds is 6. The summed E-state index contributed by atoms with van der Waals surface area (Å²) in [6.45, 7) is 2.11. The highest BCUT2D eigenvalue weighted by molar-refractivity contribution is 7.92. The highest BCUT2D eigenvalue weighted by Gasteiger charge is 2.45. The van der Waals surface area contributed by atoms with Crippen LogP contribution in [0.1, 0.15) is 37.0 Å². The van der Waals surface area contributed by atoms with Crippen molar-refractivity contribution < 1.29 is 31.4 Å². The normalized spacial score (nSPS) is 22.3. The van der Waals surface area contributed by atoms with E-state index in [0.717, 1.165) is 12.1 Å². The smallest absolute Gasteiger partial charge is 0.395 e. The summed E-state index contributed by atoms with van der Waals surface area (Å²) in [6.07, 6.45) is -3.31. The van der Waals surface area contributed by atoms with E-state index in [0.29, 0.717) is 24.0 Å². The van der Waals surface area contributed by atoms with Crippen LogP contribution in [0.15, 0.2) is 47.5 Å². The summed E-state index contributed by atoms with van der Waals surface area (Å²) in [7, 11) is -2.26. The van der Waals surface area contributed by atoms with Gasteiger partial charge in [0.2, 0.25) is 0 Å². The number of benzene rings is 1. The Morgan fingerprint density at radius 3 is 2.65 bits per heavy atom. The minimum absolute atomic E-state index is 0.0164. The van der Waals surface area contributed by atoms with Gasteiger partial charge >= 0.3 is 6.18 Å². The largest absolute Gasteiger partial charge is 0.416 e.